The van der Waals surface area contributed by atoms with Gasteiger partial charge in [-0.15, -0.1) is 0 Å². The summed E-state index contributed by atoms with van der Waals surface area (Å²) in [4.78, 5) is 4.23. The molecule has 0 spiro atoms. The molecule has 1 unspecified atom stereocenters. The van der Waals surface area contributed by atoms with Crippen molar-refractivity contribution in [1.82, 2.24) is 9.55 Å². The van der Waals surface area contributed by atoms with Gasteiger partial charge in [-0.3, -0.25) is 0 Å². The van der Waals surface area contributed by atoms with E-state index >= 15 is 0 Å². The molecule has 1 aromatic carbocycles. The molecule has 0 saturated carbocycles. The van der Waals surface area contributed by atoms with Gasteiger partial charge in [0.15, 0.2) is 0 Å². The minimum Gasteiger partial charge on any atom is -0.388 e. The summed E-state index contributed by atoms with van der Waals surface area (Å²) in [7, 11) is 0. The van der Waals surface area contributed by atoms with Crippen LogP contribution in [0.1, 0.15) is 24.4 Å². The standard InChI is InChI=1S/C13H14Cl2N2O/c1-2-17-7-6-16-12(17)8-11(18)9-4-3-5-10(14)13(9)15/h3-7,11,18H,2,8H2,1H3. The smallest absolute Gasteiger partial charge is 0.111 e. The van der Waals surface area contributed by atoms with Crippen molar-refractivity contribution in [2.24, 2.45) is 0 Å². The van der Waals surface area contributed by atoms with Crippen LogP contribution >= 0.6 is 23.2 Å². The number of hydrogen-bond acceptors (Lipinski definition) is 2. The largest absolute Gasteiger partial charge is 0.388 e. The van der Waals surface area contributed by atoms with Crippen molar-refractivity contribution in [1.29, 1.82) is 0 Å². The first-order chi connectivity index (χ1) is 8.63. The van der Waals surface area contributed by atoms with Gasteiger partial charge in [-0.1, -0.05) is 35.3 Å². The van der Waals surface area contributed by atoms with Crippen LogP contribution in [0.2, 0.25) is 10.0 Å². The molecule has 0 amide bonds. The molecule has 1 atom stereocenters. The van der Waals surface area contributed by atoms with Crippen LogP contribution in [0.4, 0.5) is 0 Å². The van der Waals surface area contributed by atoms with Crippen LogP contribution in [0.3, 0.4) is 0 Å². The lowest BCUT2D eigenvalue weighted by molar-refractivity contribution is 0.174. The molecule has 0 radical (unpaired) electrons. The van der Waals surface area contributed by atoms with Crippen molar-refractivity contribution in [2.75, 3.05) is 0 Å². The van der Waals surface area contributed by atoms with Crippen molar-refractivity contribution >= 4 is 23.2 Å². The Kier molecular flexibility index (Phi) is 4.27. The Hall–Kier alpha value is -1.03. The molecular formula is C13H14Cl2N2O. The summed E-state index contributed by atoms with van der Waals surface area (Å²) >= 11 is 12.0. The summed E-state index contributed by atoms with van der Waals surface area (Å²) in [6, 6.07) is 5.25. The molecule has 0 aliphatic carbocycles. The molecule has 96 valence electrons. The zero-order valence-corrected chi connectivity index (χ0v) is 11.5. The van der Waals surface area contributed by atoms with Gasteiger partial charge in [0.25, 0.3) is 0 Å². The fourth-order valence-corrected chi connectivity index (χ4v) is 2.31. The number of imidazole rings is 1. The fourth-order valence-electron chi connectivity index (χ4n) is 1.88. The van der Waals surface area contributed by atoms with Crippen molar-refractivity contribution in [2.45, 2.75) is 26.0 Å². The van der Waals surface area contributed by atoms with Crippen LogP contribution in [0, 0.1) is 0 Å². The van der Waals surface area contributed by atoms with Gasteiger partial charge in [0.1, 0.15) is 5.82 Å². The average molecular weight is 285 g/mol. The van der Waals surface area contributed by atoms with Gasteiger partial charge in [0.2, 0.25) is 0 Å². The summed E-state index contributed by atoms with van der Waals surface area (Å²) in [5.74, 6) is 0.834. The van der Waals surface area contributed by atoms with Gasteiger partial charge in [-0.2, -0.15) is 0 Å². The van der Waals surface area contributed by atoms with E-state index < -0.39 is 6.10 Å². The van der Waals surface area contributed by atoms with E-state index in [0.717, 1.165) is 12.4 Å². The maximum absolute atomic E-state index is 10.2. The van der Waals surface area contributed by atoms with E-state index in [1.54, 1.807) is 24.4 Å². The highest BCUT2D eigenvalue weighted by Crippen LogP contribution is 2.31. The topological polar surface area (TPSA) is 38.0 Å². The first-order valence-electron chi connectivity index (χ1n) is 5.75. The normalized spacial score (nSPS) is 12.7. The minimum absolute atomic E-state index is 0.404. The number of aliphatic hydroxyl groups is 1. The molecule has 2 aromatic rings. The Balaban J connectivity index is 2.22. The van der Waals surface area contributed by atoms with Crippen LogP contribution in [-0.2, 0) is 13.0 Å². The van der Waals surface area contributed by atoms with Crippen molar-refractivity contribution in [3.05, 3.63) is 52.0 Å². The molecule has 18 heavy (non-hydrogen) atoms. The monoisotopic (exact) mass is 284 g/mol. The number of hydrogen-bond donors (Lipinski definition) is 1. The molecule has 0 saturated heterocycles. The van der Waals surface area contributed by atoms with Crippen LogP contribution in [-0.4, -0.2) is 14.7 Å². The van der Waals surface area contributed by atoms with Crippen molar-refractivity contribution in [3.8, 4) is 0 Å². The predicted octanol–water partition coefficient (Wildman–Crippen LogP) is 3.49. The molecule has 1 aromatic heterocycles. The highest BCUT2D eigenvalue weighted by molar-refractivity contribution is 6.42. The average Bonchev–Trinajstić information content (AvgIpc) is 2.79. The third kappa shape index (κ3) is 2.69. The summed E-state index contributed by atoms with van der Waals surface area (Å²) in [5.41, 5.74) is 0.634. The molecule has 1 heterocycles. The van der Waals surface area contributed by atoms with Gasteiger partial charge in [0, 0.05) is 30.9 Å². The summed E-state index contributed by atoms with van der Waals surface area (Å²) in [6.45, 7) is 2.86. The van der Waals surface area contributed by atoms with E-state index in [-0.39, 0.29) is 0 Å². The Morgan fingerprint density at radius 1 is 1.39 bits per heavy atom. The number of nitrogens with zero attached hydrogens (tertiary/aromatic N) is 2. The van der Waals surface area contributed by atoms with Crippen LogP contribution in [0.5, 0.6) is 0 Å². The summed E-state index contributed by atoms with van der Waals surface area (Å²) in [5, 5.41) is 11.1. The molecule has 0 aliphatic heterocycles. The number of halogens is 2. The lowest BCUT2D eigenvalue weighted by atomic mass is 10.1. The maximum atomic E-state index is 10.2. The molecule has 3 nitrogen and oxygen atoms in total. The Labute approximate surface area is 116 Å². The van der Waals surface area contributed by atoms with E-state index in [1.807, 2.05) is 17.7 Å². The molecule has 0 aliphatic rings. The zero-order valence-electron chi connectivity index (χ0n) is 9.98. The predicted molar refractivity (Wildman–Crippen MR) is 73.0 cm³/mol. The highest BCUT2D eigenvalue weighted by Gasteiger charge is 2.16. The molecular weight excluding hydrogens is 271 g/mol. The SMILES string of the molecule is CCn1ccnc1CC(O)c1cccc(Cl)c1Cl. The zero-order chi connectivity index (χ0) is 13.1. The van der Waals surface area contributed by atoms with Crippen molar-refractivity contribution in [3.63, 3.8) is 0 Å². The second kappa shape index (κ2) is 5.74. The minimum atomic E-state index is -0.705. The second-order valence-electron chi connectivity index (χ2n) is 3.99. The highest BCUT2D eigenvalue weighted by atomic mass is 35.5. The van der Waals surface area contributed by atoms with Gasteiger partial charge in [0.05, 0.1) is 16.1 Å². The Bertz CT molecular complexity index is 540. The van der Waals surface area contributed by atoms with Crippen LogP contribution < -0.4 is 0 Å². The second-order valence-corrected chi connectivity index (χ2v) is 4.78. The van der Waals surface area contributed by atoms with E-state index in [4.69, 9.17) is 23.2 Å². The third-order valence-corrected chi connectivity index (χ3v) is 3.69. The first-order valence-corrected chi connectivity index (χ1v) is 6.51. The van der Waals surface area contributed by atoms with Crippen LogP contribution in [0.15, 0.2) is 30.6 Å². The third-order valence-electron chi connectivity index (χ3n) is 2.86. The van der Waals surface area contributed by atoms with E-state index in [2.05, 4.69) is 4.98 Å². The van der Waals surface area contributed by atoms with Gasteiger partial charge in [-0.25, -0.2) is 4.98 Å². The number of aromatic nitrogens is 2. The molecule has 5 heteroatoms. The number of benzene rings is 1. The Morgan fingerprint density at radius 2 is 2.17 bits per heavy atom. The number of rotatable bonds is 4. The van der Waals surface area contributed by atoms with Crippen LogP contribution in [0.25, 0.3) is 0 Å². The quantitative estimate of drug-likeness (QED) is 0.933. The number of aryl methyl sites for hydroxylation is 1. The molecule has 0 bridgehead atoms. The van der Waals surface area contributed by atoms with E-state index in [0.29, 0.717) is 22.0 Å². The maximum Gasteiger partial charge on any atom is 0.111 e. The van der Waals surface area contributed by atoms with E-state index in [1.165, 1.54) is 0 Å². The lowest BCUT2D eigenvalue weighted by Gasteiger charge is -2.14. The van der Waals surface area contributed by atoms with E-state index in [9.17, 15) is 5.11 Å². The van der Waals surface area contributed by atoms with Crippen molar-refractivity contribution < 1.29 is 5.11 Å². The molecule has 2 rings (SSSR count). The summed E-state index contributed by atoms with van der Waals surface area (Å²) in [6.07, 6.45) is 3.33. The van der Waals surface area contributed by atoms with Gasteiger partial charge in [-0.05, 0) is 13.0 Å². The first kappa shape index (κ1) is 13.4. The number of aliphatic hydroxyl groups excluding tert-OH is 1. The summed E-state index contributed by atoms with van der Waals surface area (Å²) < 4.78 is 1.99. The fraction of sp³-hybridized carbons (Fsp3) is 0.308. The molecule has 1 N–H and O–H groups in total. The van der Waals surface area contributed by atoms with Gasteiger partial charge >= 0.3 is 0 Å². The molecule has 0 fully saturated rings. The van der Waals surface area contributed by atoms with Gasteiger partial charge < -0.3 is 9.67 Å². The lowest BCUT2D eigenvalue weighted by Crippen LogP contribution is -2.08. The Morgan fingerprint density at radius 3 is 2.89 bits per heavy atom.